The fourth-order valence-corrected chi connectivity index (χ4v) is 2.71. The number of aromatic nitrogens is 2. The molecule has 3 rings (SSSR count). The number of imidazole rings is 1. The second-order valence-corrected chi connectivity index (χ2v) is 5.91. The van der Waals surface area contributed by atoms with Gasteiger partial charge in [-0.05, 0) is 55.3 Å². The van der Waals surface area contributed by atoms with Gasteiger partial charge < -0.3 is 10.6 Å². The van der Waals surface area contributed by atoms with Crippen molar-refractivity contribution in [3.8, 4) is 0 Å². The van der Waals surface area contributed by atoms with Gasteiger partial charge in [0.1, 0.15) is 11.3 Å². The van der Waals surface area contributed by atoms with Crippen molar-refractivity contribution in [3.05, 3.63) is 59.5 Å². The average Bonchev–Trinajstić information content (AvgIpc) is 2.93. The van der Waals surface area contributed by atoms with Crippen LogP contribution in [-0.4, -0.2) is 21.2 Å². The number of anilines is 2. The first-order chi connectivity index (χ1) is 12.0. The number of fused-ring (bicyclic) bond motifs is 1. The van der Waals surface area contributed by atoms with E-state index in [9.17, 15) is 9.59 Å². The molecule has 0 unspecified atom stereocenters. The Morgan fingerprint density at radius 1 is 1.08 bits per heavy atom. The summed E-state index contributed by atoms with van der Waals surface area (Å²) in [6, 6.07) is 10.9. The van der Waals surface area contributed by atoms with Gasteiger partial charge in [-0.25, -0.2) is 4.98 Å². The molecule has 2 N–H and O–H groups in total. The highest BCUT2D eigenvalue weighted by Gasteiger charge is 2.18. The van der Waals surface area contributed by atoms with E-state index in [4.69, 9.17) is 0 Å². The van der Waals surface area contributed by atoms with Crippen LogP contribution >= 0.6 is 0 Å². The number of aryl methyl sites for hydroxylation is 2. The van der Waals surface area contributed by atoms with Crippen molar-refractivity contribution in [2.75, 3.05) is 10.6 Å². The molecule has 0 fully saturated rings. The van der Waals surface area contributed by atoms with Gasteiger partial charge in [-0.3, -0.25) is 14.0 Å². The Hall–Kier alpha value is -3.15. The topological polar surface area (TPSA) is 75.5 Å². The Kier molecular flexibility index (Phi) is 4.52. The smallest absolute Gasteiger partial charge is 0.274 e. The molecule has 2 amide bonds. The van der Waals surface area contributed by atoms with E-state index in [-0.39, 0.29) is 11.8 Å². The van der Waals surface area contributed by atoms with E-state index in [1.54, 1.807) is 24.3 Å². The van der Waals surface area contributed by atoms with Crippen LogP contribution in [0.2, 0.25) is 0 Å². The van der Waals surface area contributed by atoms with E-state index >= 15 is 0 Å². The SMILES string of the molecule is CCc1nc2cc(C)ccn2c1C(=O)Nc1ccc(NC(C)=O)cc1. The number of carbonyl (C=O) groups is 2. The summed E-state index contributed by atoms with van der Waals surface area (Å²) in [7, 11) is 0. The molecule has 0 atom stereocenters. The van der Waals surface area contributed by atoms with Gasteiger partial charge >= 0.3 is 0 Å². The molecular formula is C19H20N4O2. The Bertz CT molecular complexity index is 942. The van der Waals surface area contributed by atoms with Gasteiger partial charge in [0.2, 0.25) is 5.91 Å². The zero-order chi connectivity index (χ0) is 18.0. The van der Waals surface area contributed by atoms with Crippen LogP contribution in [0.1, 0.15) is 35.6 Å². The molecular weight excluding hydrogens is 316 g/mol. The first kappa shape index (κ1) is 16.7. The molecule has 0 spiro atoms. The maximum atomic E-state index is 12.8. The highest BCUT2D eigenvalue weighted by Crippen LogP contribution is 2.18. The van der Waals surface area contributed by atoms with Gasteiger partial charge in [-0.1, -0.05) is 6.92 Å². The third-order valence-electron chi connectivity index (χ3n) is 3.87. The Balaban J connectivity index is 1.88. The van der Waals surface area contributed by atoms with Gasteiger partial charge in [-0.15, -0.1) is 0 Å². The summed E-state index contributed by atoms with van der Waals surface area (Å²) in [6.07, 6.45) is 2.54. The van der Waals surface area contributed by atoms with Crippen molar-refractivity contribution < 1.29 is 9.59 Å². The van der Waals surface area contributed by atoms with Crippen LogP contribution in [0, 0.1) is 6.92 Å². The summed E-state index contributed by atoms with van der Waals surface area (Å²) in [4.78, 5) is 28.4. The van der Waals surface area contributed by atoms with E-state index < -0.39 is 0 Å². The fraction of sp³-hybridized carbons (Fsp3) is 0.211. The van der Waals surface area contributed by atoms with Crippen LogP contribution in [0.3, 0.4) is 0 Å². The molecule has 2 heterocycles. The molecule has 6 nitrogen and oxygen atoms in total. The summed E-state index contributed by atoms with van der Waals surface area (Å²) in [5, 5.41) is 5.59. The normalized spacial score (nSPS) is 10.7. The standard InChI is InChI=1S/C19H20N4O2/c1-4-16-18(23-10-9-12(2)11-17(23)22-16)19(25)21-15-7-5-14(6-8-15)20-13(3)24/h5-11H,4H2,1-3H3,(H,20,24)(H,21,25). The zero-order valence-corrected chi connectivity index (χ0v) is 14.5. The fourth-order valence-electron chi connectivity index (χ4n) is 2.71. The summed E-state index contributed by atoms with van der Waals surface area (Å²) in [6.45, 7) is 5.43. The predicted molar refractivity (Wildman–Crippen MR) is 98.0 cm³/mol. The van der Waals surface area contributed by atoms with Crippen LogP contribution in [0.4, 0.5) is 11.4 Å². The van der Waals surface area contributed by atoms with Crippen LogP contribution in [0.15, 0.2) is 42.6 Å². The highest BCUT2D eigenvalue weighted by atomic mass is 16.2. The highest BCUT2D eigenvalue weighted by molar-refractivity contribution is 6.04. The molecule has 0 aliphatic heterocycles. The van der Waals surface area contributed by atoms with Crippen LogP contribution in [-0.2, 0) is 11.2 Å². The lowest BCUT2D eigenvalue weighted by molar-refractivity contribution is -0.114. The molecule has 1 aromatic carbocycles. The van der Waals surface area contributed by atoms with Crippen molar-refractivity contribution in [3.63, 3.8) is 0 Å². The van der Waals surface area contributed by atoms with Crippen LogP contribution in [0.25, 0.3) is 5.65 Å². The number of hydrogen-bond acceptors (Lipinski definition) is 3. The number of amides is 2. The lowest BCUT2D eigenvalue weighted by atomic mass is 10.2. The number of carbonyl (C=O) groups excluding carboxylic acids is 2. The van der Waals surface area contributed by atoms with Crippen molar-refractivity contribution in [1.29, 1.82) is 0 Å². The Morgan fingerprint density at radius 2 is 1.72 bits per heavy atom. The second-order valence-electron chi connectivity index (χ2n) is 5.91. The summed E-state index contributed by atoms with van der Waals surface area (Å²) < 4.78 is 1.81. The predicted octanol–water partition coefficient (Wildman–Crippen LogP) is 3.42. The minimum Gasteiger partial charge on any atom is -0.326 e. The third-order valence-corrected chi connectivity index (χ3v) is 3.87. The number of nitrogens with one attached hydrogen (secondary N) is 2. The summed E-state index contributed by atoms with van der Waals surface area (Å²) in [5.41, 5.74) is 4.51. The molecule has 128 valence electrons. The molecule has 25 heavy (non-hydrogen) atoms. The maximum absolute atomic E-state index is 12.8. The molecule has 0 saturated heterocycles. The van der Waals surface area contributed by atoms with E-state index in [2.05, 4.69) is 15.6 Å². The Labute approximate surface area is 145 Å². The quantitative estimate of drug-likeness (QED) is 0.766. The van der Waals surface area contributed by atoms with Crippen molar-refractivity contribution in [2.24, 2.45) is 0 Å². The van der Waals surface area contributed by atoms with Crippen molar-refractivity contribution in [2.45, 2.75) is 27.2 Å². The third kappa shape index (κ3) is 3.52. The lowest BCUT2D eigenvalue weighted by Gasteiger charge is -2.08. The number of pyridine rings is 1. The van der Waals surface area contributed by atoms with Gasteiger partial charge in [0.15, 0.2) is 0 Å². The second kappa shape index (κ2) is 6.76. The van der Waals surface area contributed by atoms with Gasteiger partial charge in [0, 0.05) is 24.5 Å². The minimum absolute atomic E-state index is 0.134. The molecule has 3 aromatic rings. The average molecular weight is 336 g/mol. The van der Waals surface area contributed by atoms with Crippen molar-refractivity contribution in [1.82, 2.24) is 9.38 Å². The lowest BCUT2D eigenvalue weighted by Crippen LogP contribution is -2.16. The summed E-state index contributed by atoms with van der Waals surface area (Å²) >= 11 is 0. The molecule has 6 heteroatoms. The number of rotatable bonds is 4. The molecule has 0 aliphatic carbocycles. The number of nitrogens with zero attached hydrogens (tertiary/aromatic N) is 2. The van der Waals surface area contributed by atoms with Gasteiger partial charge in [0.05, 0.1) is 5.69 Å². The first-order valence-electron chi connectivity index (χ1n) is 8.14. The van der Waals surface area contributed by atoms with E-state index in [0.717, 1.165) is 16.9 Å². The largest absolute Gasteiger partial charge is 0.326 e. The summed E-state index contributed by atoms with van der Waals surface area (Å²) in [5.74, 6) is -0.342. The molecule has 0 saturated carbocycles. The maximum Gasteiger partial charge on any atom is 0.274 e. The molecule has 0 radical (unpaired) electrons. The van der Waals surface area contributed by atoms with Gasteiger partial charge in [-0.2, -0.15) is 0 Å². The van der Waals surface area contributed by atoms with Crippen LogP contribution in [0.5, 0.6) is 0 Å². The Morgan fingerprint density at radius 3 is 2.32 bits per heavy atom. The number of benzene rings is 1. The first-order valence-corrected chi connectivity index (χ1v) is 8.14. The monoisotopic (exact) mass is 336 g/mol. The zero-order valence-electron chi connectivity index (χ0n) is 14.5. The van der Waals surface area contributed by atoms with Crippen LogP contribution < -0.4 is 10.6 Å². The van der Waals surface area contributed by atoms with Gasteiger partial charge in [0.25, 0.3) is 5.91 Å². The molecule has 0 aliphatic rings. The minimum atomic E-state index is -0.208. The van der Waals surface area contributed by atoms with Crippen molar-refractivity contribution >= 4 is 28.8 Å². The number of hydrogen-bond donors (Lipinski definition) is 2. The molecule has 0 bridgehead atoms. The van der Waals surface area contributed by atoms with E-state index in [1.807, 2.05) is 36.6 Å². The molecule has 2 aromatic heterocycles. The van der Waals surface area contributed by atoms with E-state index in [0.29, 0.717) is 23.5 Å². The van der Waals surface area contributed by atoms with E-state index in [1.165, 1.54) is 6.92 Å².